The molecule has 9 aromatic rings. The molecule has 0 aliphatic heterocycles. The third-order valence-corrected chi connectivity index (χ3v) is 7.54. The number of rotatable bonds is 4. The highest BCUT2D eigenvalue weighted by Crippen LogP contribution is 2.46. The quantitative estimate of drug-likeness (QED) is 0.185. The van der Waals surface area contributed by atoms with Crippen LogP contribution < -0.4 is 0 Å². The molecule has 0 radical (unpaired) electrons. The number of furan rings is 1. The molecule has 0 bridgehead atoms. The van der Waals surface area contributed by atoms with E-state index in [0.717, 1.165) is 0 Å². The van der Waals surface area contributed by atoms with Crippen LogP contribution in [0.1, 0.15) is 28.8 Å². The summed E-state index contributed by atoms with van der Waals surface area (Å²) in [4.78, 5) is 0. The maximum absolute atomic E-state index is 9.94. The molecule has 1 heterocycles. The average molecular weight is 594 g/mol. The average Bonchev–Trinajstić information content (AvgIpc) is 3.68. The molecule has 0 atom stereocenters. The monoisotopic (exact) mass is 593 g/mol. The van der Waals surface area contributed by atoms with Gasteiger partial charge in [0.25, 0.3) is 0 Å². The van der Waals surface area contributed by atoms with E-state index in [1.165, 1.54) is 6.07 Å². The fourth-order valence-corrected chi connectivity index (χ4v) is 5.58. The van der Waals surface area contributed by atoms with Crippen molar-refractivity contribution in [3.05, 3.63) is 169 Å². The largest absolute Gasteiger partial charge is 0.456 e. The lowest BCUT2D eigenvalue weighted by atomic mass is 9.84. The summed E-state index contributed by atoms with van der Waals surface area (Å²) < 4.78 is 194. The van der Waals surface area contributed by atoms with Gasteiger partial charge < -0.3 is 4.42 Å². The number of fused-ring (bicyclic) bond motifs is 5. The number of benzene rings is 8. The molecule has 1 nitrogen and oxygen atoms in total. The second kappa shape index (κ2) is 10.4. The van der Waals surface area contributed by atoms with Gasteiger partial charge in [-0.05, 0) is 90.3 Å². The van der Waals surface area contributed by atoms with E-state index in [9.17, 15) is 12.3 Å². The van der Waals surface area contributed by atoms with Gasteiger partial charge in [-0.3, -0.25) is 0 Å². The standard InChI is InChI=1S/C44H28O/c1-3-11-29(12-4-1)31-19-21-32(22-20-31)43-36-16-7-8-17-37(36)44(38-25-23-33(27-40(38)43)30-13-5-2-6-14-30)34-24-26-42-39(28-34)35-15-9-10-18-41(35)45-42/h1-28H/i1D,2D,3D,4D,5D,6D,7D,8D,11D,12D,13D,14D,16D,17D,19D,20D,21D,22D,23D,25D,27D. The summed E-state index contributed by atoms with van der Waals surface area (Å²) in [6.45, 7) is 0. The lowest BCUT2D eigenvalue weighted by Crippen LogP contribution is -1.92. The van der Waals surface area contributed by atoms with Gasteiger partial charge in [-0.2, -0.15) is 0 Å². The molecule has 0 unspecified atom stereocenters. The Morgan fingerprint density at radius 3 is 1.62 bits per heavy atom. The molecule has 210 valence electrons. The van der Waals surface area contributed by atoms with Crippen molar-refractivity contribution in [3.63, 3.8) is 0 Å². The molecule has 8 aromatic carbocycles. The number of hydrogen-bond donors (Lipinski definition) is 0. The Labute approximate surface area is 291 Å². The second-order valence-electron chi connectivity index (χ2n) is 10.1. The van der Waals surface area contributed by atoms with Crippen LogP contribution in [0.15, 0.2) is 174 Å². The Morgan fingerprint density at radius 2 is 0.889 bits per heavy atom. The molecule has 0 saturated heterocycles. The maximum atomic E-state index is 9.94. The highest BCUT2D eigenvalue weighted by Gasteiger charge is 2.19. The van der Waals surface area contributed by atoms with E-state index < -0.39 is 171 Å². The van der Waals surface area contributed by atoms with Crippen LogP contribution in [-0.2, 0) is 0 Å². The molecule has 0 saturated carbocycles. The van der Waals surface area contributed by atoms with Crippen LogP contribution in [0.5, 0.6) is 0 Å². The first-order valence-corrected chi connectivity index (χ1v) is 13.7. The van der Waals surface area contributed by atoms with Crippen LogP contribution in [0.25, 0.3) is 88.0 Å². The zero-order valence-corrected chi connectivity index (χ0v) is 22.9. The Kier molecular flexibility index (Phi) is 2.82. The Morgan fingerprint density at radius 1 is 0.356 bits per heavy atom. The molecule has 9 rings (SSSR count). The zero-order valence-electron chi connectivity index (χ0n) is 43.9. The lowest BCUT2D eigenvalue weighted by Gasteiger charge is -2.19. The van der Waals surface area contributed by atoms with E-state index in [2.05, 4.69) is 0 Å². The van der Waals surface area contributed by atoms with Crippen LogP contribution in [0.2, 0.25) is 0 Å². The SMILES string of the molecule is [2H]c1c([2H])c([2H])c(-c2c([2H])c([2H])c(-c3c4c([2H])c([2H])c([2H])c([2H])c4c(-c4ccc5oc6ccccc6c5c4)c4c([2H])c([2H])c(-c5c([2H])c([2H])c([2H])c([2H])c5[2H])c([2H])c34)c([2H])c2[2H])c([2H])c1[2H]. The van der Waals surface area contributed by atoms with Gasteiger partial charge in [0, 0.05) is 10.8 Å². The second-order valence-corrected chi connectivity index (χ2v) is 10.1. The fourth-order valence-electron chi connectivity index (χ4n) is 5.58. The minimum atomic E-state index is -0.961. The first kappa shape index (κ1) is 12.2. The first-order valence-electron chi connectivity index (χ1n) is 24.2. The molecule has 1 heteroatoms. The van der Waals surface area contributed by atoms with E-state index >= 15 is 0 Å². The van der Waals surface area contributed by atoms with E-state index in [4.69, 9.17) is 20.9 Å². The third-order valence-electron chi connectivity index (χ3n) is 7.54. The lowest BCUT2D eigenvalue weighted by molar-refractivity contribution is 0.669. The highest BCUT2D eigenvalue weighted by atomic mass is 16.3. The van der Waals surface area contributed by atoms with Crippen molar-refractivity contribution >= 4 is 43.5 Å². The van der Waals surface area contributed by atoms with Gasteiger partial charge in [0.2, 0.25) is 0 Å². The molecule has 0 spiro atoms. The fraction of sp³-hybridized carbons (Fsp3) is 0. The molecular weight excluding hydrogens is 544 g/mol. The van der Waals surface area contributed by atoms with Crippen LogP contribution in [0.4, 0.5) is 0 Å². The number of para-hydroxylation sites is 1. The van der Waals surface area contributed by atoms with Crippen LogP contribution in [0, 0.1) is 0 Å². The summed E-state index contributed by atoms with van der Waals surface area (Å²) in [6, 6.07) is -5.88. The molecule has 45 heavy (non-hydrogen) atoms. The van der Waals surface area contributed by atoms with Crippen molar-refractivity contribution in [1.29, 1.82) is 0 Å². The first-order chi connectivity index (χ1) is 31.1. The van der Waals surface area contributed by atoms with E-state index in [0.29, 0.717) is 21.9 Å². The van der Waals surface area contributed by atoms with Crippen molar-refractivity contribution in [3.8, 4) is 44.5 Å². The Hall–Kier alpha value is -5.92. The van der Waals surface area contributed by atoms with Gasteiger partial charge in [0.15, 0.2) is 0 Å². The van der Waals surface area contributed by atoms with Gasteiger partial charge in [-0.25, -0.2) is 0 Å². The van der Waals surface area contributed by atoms with E-state index in [1.54, 1.807) is 36.4 Å². The summed E-state index contributed by atoms with van der Waals surface area (Å²) in [5, 5.41) is -0.524. The summed E-state index contributed by atoms with van der Waals surface area (Å²) in [7, 11) is 0. The molecule has 0 aliphatic carbocycles. The summed E-state index contributed by atoms with van der Waals surface area (Å²) in [5.74, 6) is 0. The molecule has 1 aromatic heterocycles. The smallest absolute Gasteiger partial charge is 0.135 e. The molecule has 0 fully saturated rings. The van der Waals surface area contributed by atoms with Crippen LogP contribution >= 0.6 is 0 Å². The molecule has 0 N–H and O–H groups in total. The minimum absolute atomic E-state index is 0.131. The normalized spacial score (nSPS) is 18.1. The van der Waals surface area contributed by atoms with Crippen molar-refractivity contribution in [1.82, 2.24) is 0 Å². The van der Waals surface area contributed by atoms with Crippen molar-refractivity contribution in [2.45, 2.75) is 0 Å². The minimum Gasteiger partial charge on any atom is -0.456 e. The van der Waals surface area contributed by atoms with E-state index in [1.807, 2.05) is 0 Å². The van der Waals surface area contributed by atoms with Gasteiger partial charge in [0.1, 0.15) is 11.2 Å². The van der Waals surface area contributed by atoms with Crippen LogP contribution in [-0.4, -0.2) is 0 Å². The summed E-state index contributed by atoms with van der Waals surface area (Å²) in [6.07, 6.45) is 0. The van der Waals surface area contributed by atoms with Gasteiger partial charge in [0.05, 0.1) is 28.8 Å². The summed E-state index contributed by atoms with van der Waals surface area (Å²) in [5.41, 5.74) is -3.08. The van der Waals surface area contributed by atoms with Crippen molar-refractivity contribution < 1.29 is 33.2 Å². The van der Waals surface area contributed by atoms with Gasteiger partial charge in [-0.15, -0.1) is 0 Å². The van der Waals surface area contributed by atoms with Gasteiger partial charge in [-0.1, -0.05) is 145 Å². The molecular formula is C44H28O. The predicted molar refractivity (Wildman–Crippen MR) is 190 cm³/mol. The van der Waals surface area contributed by atoms with E-state index in [-0.39, 0.29) is 21.9 Å². The highest BCUT2D eigenvalue weighted by molar-refractivity contribution is 6.22. The number of hydrogen-bond acceptors (Lipinski definition) is 1. The van der Waals surface area contributed by atoms with Crippen molar-refractivity contribution in [2.24, 2.45) is 0 Å². The molecule has 0 amide bonds. The summed E-state index contributed by atoms with van der Waals surface area (Å²) >= 11 is 0. The Balaban J connectivity index is 1.59. The maximum Gasteiger partial charge on any atom is 0.135 e. The Bertz CT molecular complexity index is 3640. The molecule has 0 aliphatic rings. The topological polar surface area (TPSA) is 13.1 Å². The van der Waals surface area contributed by atoms with Crippen LogP contribution in [0.3, 0.4) is 0 Å². The van der Waals surface area contributed by atoms with Crippen molar-refractivity contribution in [2.75, 3.05) is 0 Å². The van der Waals surface area contributed by atoms with Gasteiger partial charge >= 0.3 is 0 Å². The zero-order chi connectivity index (χ0) is 48.0. The third kappa shape index (κ3) is 4.24. The predicted octanol–water partition coefficient (Wildman–Crippen LogP) is 12.6.